The van der Waals surface area contributed by atoms with Crippen LogP contribution in [0.25, 0.3) is 21.2 Å². The van der Waals surface area contributed by atoms with Crippen LogP contribution in [-0.4, -0.2) is 5.11 Å². The number of aromatic hydroxyl groups is 1. The topological polar surface area (TPSA) is 20.2 Å². The van der Waals surface area contributed by atoms with Gasteiger partial charge in [-0.1, -0.05) is 37.6 Å². The Hall–Kier alpha value is -1.80. The van der Waals surface area contributed by atoms with E-state index in [1.807, 2.05) is 6.07 Å². The zero-order valence-corrected chi connectivity index (χ0v) is 12.2. The van der Waals surface area contributed by atoms with Crippen LogP contribution in [0.5, 0.6) is 5.75 Å². The summed E-state index contributed by atoms with van der Waals surface area (Å²) in [5.74, 6) is 0.893. The number of benzene rings is 2. The molecule has 0 aliphatic heterocycles. The van der Waals surface area contributed by atoms with Gasteiger partial charge in [0.05, 0.1) is 4.70 Å². The minimum absolute atomic E-state index is 0.417. The minimum Gasteiger partial charge on any atom is -0.506 e. The molecule has 1 heterocycles. The molecular weight excluding hydrogens is 264 g/mol. The highest BCUT2D eigenvalue weighted by atomic mass is 32.1. The monoisotopic (exact) mass is 280 g/mol. The van der Waals surface area contributed by atoms with Crippen molar-refractivity contribution in [1.29, 1.82) is 0 Å². The second-order valence-corrected chi connectivity index (χ2v) is 6.36. The summed E-state index contributed by atoms with van der Waals surface area (Å²) < 4.78 is 1.03. The number of rotatable bonds is 2. The van der Waals surface area contributed by atoms with Gasteiger partial charge in [0, 0.05) is 11.3 Å². The maximum atomic E-state index is 10.3. The SMILES string of the molecule is CCCC1c2ccccc2-c2cc(O)c3sccc3c21. The quantitative estimate of drug-likeness (QED) is 0.655. The highest BCUT2D eigenvalue weighted by Gasteiger charge is 2.30. The normalized spacial score (nSPS) is 16.4. The van der Waals surface area contributed by atoms with Crippen molar-refractivity contribution in [2.45, 2.75) is 25.7 Å². The van der Waals surface area contributed by atoms with E-state index >= 15 is 0 Å². The Balaban J connectivity index is 2.10. The molecule has 1 aliphatic rings. The first kappa shape index (κ1) is 12.0. The van der Waals surface area contributed by atoms with E-state index in [-0.39, 0.29) is 0 Å². The summed E-state index contributed by atoms with van der Waals surface area (Å²) in [6.45, 7) is 2.24. The molecule has 4 rings (SSSR count). The molecule has 0 amide bonds. The second-order valence-electron chi connectivity index (χ2n) is 5.45. The first-order chi connectivity index (χ1) is 9.81. The molecule has 1 aliphatic carbocycles. The zero-order valence-electron chi connectivity index (χ0n) is 11.4. The van der Waals surface area contributed by atoms with E-state index in [1.165, 1.54) is 40.5 Å². The number of phenolic OH excluding ortho intramolecular Hbond substituents is 1. The van der Waals surface area contributed by atoms with Crippen molar-refractivity contribution in [3.8, 4) is 16.9 Å². The van der Waals surface area contributed by atoms with Crippen molar-refractivity contribution < 1.29 is 5.11 Å². The molecule has 1 aromatic heterocycles. The average molecular weight is 280 g/mol. The van der Waals surface area contributed by atoms with Crippen molar-refractivity contribution >= 4 is 21.4 Å². The van der Waals surface area contributed by atoms with E-state index in [0.717, 1.165) is 4.70 Å². The third-order valence-corrected chi connectivity index (χ3v) is 5.25. The molecule has 0 bridgehead atoms. The third kappa shape index (κ3) is 1.49. The minimum atomic E-state index is 0.417. The first-order valence-electron chi connectivity index (χ1n) is 7.13. The molecule has 20 heavy (non-hydrogen) atoms. The molecule has 1 N–H and O–H groups in total. The third-order valence-electron chi connectivity index (χ3n) is 4.31. The van der Waals surface area contributed by atoms with E-state index in [9.17, 15) is 5.11 Å². The Morgan fingerprint density at radius 3 is 2.85 bits per heavy atom. The second kappa shape index (κ2) is 4.35. The zero-order chi connectivity index (χ0) is 13.7. The van der Waals surface area contributed by atoms with E-state index < -0.39 is 0 Å². The van der Waals surface area contributed by atoms with E-state index in [0.29, 0.717) is 11.7 Å². The Kier molecular flexibility index (Phi) is 2.61. The molecule has 0 saturated heterocycles. The Bertz CT molecular complexity index is 800. The molecule has 0 fully saturated rings. The van der Waals surface area contributed by atoms with Crippen molar-refractivity contribution in [2.24, 2.45) is 0 Å². The first-order valence-corrected chi connectivity index (χ1v) is 8.01. The van der Waals surface area contributed by atoms with Gasteiger partial charge in [-0.3, -0.25) is 0 Å². The fourth-order valence-electron chi connectivity index (χ4n) is 3.53. The van der Waals surface area contributed by atoms with Crippen molar-refractivity contribution in [3.63, 3.8) is 0 Å². The molecule has 2 heteroatoms. The van der Waals surface area contributed by atoms with Crippen LogP contribution in [0.3, 0.4) is 0 Å². The number of fused-ring (bicyclic) bond motifs is 5. The van der Waals surface area contributed by atoms with Gasteiger partial charge in [0.1, 0.15) is 5.75 Å². The fourth-order valence-corrected chi connectivity index (χ4v) is 4.36. The van der Waals surface area contributed by atoms with Crippen LogP contribution in [0.2, 0.25) is 0 Å². The lowest BCUT2D eigenvalue weighted by Crippen LogP contribution is -1.96. The van der Waals surface area contributed by atoms with Gasteiger partial charge >= 0.3 is 0 Å². The lowest BCUT2D eigenvalue weighted by atomic mass is 9.90. The van der Waals surface area contributed by atoms with Gasteiger partial charge in [-0.25, -0.2) is 0 Å². The van der Waals surface area contributed by atoms with Crippen LogP contribution in [0.4, 0.5) is 0 Å². The summed E-state index contributed by atoms with van der Waals surface area (Å²) in [5, 5.41) is 13.6. The Morgan fingerprint density at radius 1 is 1.15 bits per heavy atom. The van der Waals surface area contributed by atoms with Gasteiger partial charge in [0.25, 0.3) is 0 Å². The maximum absolute atomic E-state index is 10.3. The number of hydrogen-bond donors (Lipinski definition) is 1. The van der Waals surface area contributed by atoms with E-state index in [2.05, 4.69) is 42.6 Å². The molecular formula is C18H16OS. The number of thiophene rings is 1. The summed E-state index contributed by atoms with van der Waals surface area (Å²) >= 11 is 1.63. The van der Waals surface area contributed by atoms with Gasteiger partial charge in [-0.15, -0.1) is 11.3 Å². The molecule has 0 radical (unpaired) electrons. The molecule has 100 valence electrons. The summed E-state index contributed by atoms with van der Waals surface area (Å²) in [7, 11) is 0. The van der Waals surface area contributed by atoms with Gasteiger partial charge in [0.15, 0.2) is 0 Å². The lowest BCUT2D eigenvalue weighted by molar-refractivity contribution is 0.482. The standard InChI is InChI=1S/C18H16OS/c1-2-5-13-11-6-3-4-7-12(11)15-10-16(19)18-14(17(13)15)8-9-20-18/h3-4,6-10,13,19H,2,5H2,1H3. The summed E-state index contributed by atoms with van der Waals surface area (Å²) in [5.41, 5.74) is 5.36. The Morgan fingerprint density at radius 2 is 2.00 bits per heavy atom. The van der Waals surface area contributed by atoms with Crippen LogP contribution < -0.4 is 0 Å². The molecule has 0 saturated carbocycles. The summed E-state index contributed by atoms with van der Waals surface area (Å²) in [4.78, 5) is 0. The van der Waals surface area contributed by atoms with Crippen LogP contribution in [-0.2, 0) is 0 Å². The average Bonchev–Trinajstić information content (AvgIpc) is 3.04. The van der Waals surface area contributed by atoms with Crippen LogP contribution in [0.1, 0.15) is 36.8 Å². The van der Waals surface area contributed by atoms with E-state index in [1.54, 1.807) is 11.3 Å². The van der Waals surface area contributed by atoms with E-state index in [4.69, 9.17) is 0 Å². The van der Waals surface area contributed by atoms with Gasteiger partial charge in [-0.2, -0.15) is 0 Å². The predicted octanol–water partition coefficient (Wildman–Crippen LogP) is 5.52. The molecule has 2 aromatic carbocycles. The molecule has 0 spiro atoms. The Labute approximate surface area is 122 Å². The lowest BCUT2D eigenvalue weighted by Gasteiger charge is -2.13. The van der Waals surface area contributed by atoms with Gasteiger partial charge < -0.3 is 5.11 Å². The smallest absolute Gasteiger partial charge is 0.134 e. The highest BCUT2D eigenvalue weighted by Crippen LogP contribution is 2.52. The van der Waals surface area contributed by atoms with Crippen molar-refractivity contribution in [1.82, 2.24) is 0 Å². The predicted molar refractivity (Wildman–Crippen MR) is 85.7 cm³/mol. The van der Waals surface area contributed by atoms with Crippen LogP contribution in [0.15, 0.2) is 41.8 Å². The molecule has 3 aromatic rings. The van der Waals surface area contributed by atoms with Crippen molar-refractivity contribution in [2.75, 3.05) is 0 Å². The molecule has 1 nitrogen and oxygen atoms in total. The van der Waals surface area contributed by atoms with Crippen molar-refractivity contribution in [3.05, 3.63) is 52.9 Å². The fraction of sp³-hybridized carbons (Fsp3) is 0.222. The molecule has 1 unspecified atom stereocenters. The summed E-state index contributed by atoms with van der Waals surface area (Å²) in [6, 6.07) is 12.8. The van der Waals surface area contributed by atoms with Gasteiger partial charge in [0.2, 0.25) is 0 Å². The molecule has 1 atom stereocenters. The maximum Gasteiger partial charge on any atom is 0.134 e. The summed E-state index contributed by atoms with van der Waals surface area (Å²) in [6.07, 6.45) is 2.34. The van der Waals surface area contributed by atoms with Crippen LogP contribution >= 0.6 is 11.3 Å². The van der Waals surface area contributed by atoms with Crippen LogP contribution in [0, 0.1) is 0 Å². The number of hydrogen-bond acceptors (Lipinski definition) is 2. The van der Waals surface area contributed by atoms with Gasteiger partial charge in [-0.05, 0) is 46.2 Å². The number of phenols is 1. The largest absolute Gasteiger partial charge is 0.506 e. The highest BCUT2D eigenvalue weighted by molar-refractivity contribution is 7.17.